The van der Waals surface area contributed by atoms with Crippen LogP contribution in [0.1, 0.15) is 34.7 Å². The lowest BCUT2D eigenvalue weighted by Crippen LogP contribution is -2.28. The molecule has 5 heteroatoms. The summed E-state index contributed by atoms with van der Waals surface area (Å²) >= 11 is 6.39. The van der Waals surface area contributed by atoms with Crippen LogP contribution in [0.15, 0.2) is 78.9 Å². The number of hydrogen-bond acceptors (Lipinski definition) is 2. The smallest absolute Gasteiger partial charge is 0.251 e. The Bertz CT molecular complexity index is 1120. The molecule has 1 heterocycles. The average molecular weight is 390 g/mol. The number of benzene rings is 3. The van der Waals surface area contributed by atoms with Gasteiger partial charge in [0.05, 0.1) is 23.6 Å². The van der Waals surface area contributed by atoms with Crippen LogP contribution in [-0.4, -0.2) is 15.5 Å². The number of amides is 1. The Kier molecular flexibility index (Phi) is 5.13. The molecule has 0 aliphatic rings. The maximum absolute atomic E-state index is 12.6. The summed E-state index contributed by atoms with van der Waals surface area (Å²) in [4.78, 5) is 17.4. The molecular weight excluding hydrogens is 370 g/mol. The largest absolute Gasteiger partial charge is 0.342 e. The normalized spacial score (nSPS) is 12.1. The van der Waals surface area contributed by atoms with Crippen LogP contribution in [0.25, 0.3) is 11.0 Å². The zero-order chi connectivity index (χ0) is 19.5. The lowest BCUT2D eigenvalue weighted by Gasteiger charge is -2.17. The molecule has 0 unspecified atom stereocenters. The van der Waals surface area contributed by atoms with Crippen molar-refractivity contribution in [2.75, 3.05) is 0 Å². The summed E-state index contributed by atoms with van der Waals surface area (Å²) in [6.45, 7) is 2.53. The number of fused-ring (bicyclic) bond motifs is 1. The van der Waals surface area contributed by atoms with E-state index in [-0.39, 0.29) is 11.9 Å². The second-order valence-corrected chi connectivity index (χ2v) is 7.10. The van der Waals surface area contributed by atoms with Crippen LogP contribution < -0.4 is 5.32 Å². The zero-order valence-electron chi connectivity index (χ0n) is 15.5. The summed E-state index contributed by atoms with van der Waals surface area (Å²) in [5.41, 5.74) is 3.54. The molecule has 4 nitrogen and oxygen atoms in total. The van der Waals surface area contributed by atoms with E-state index in [2.05, 4.69) is 9.88 Å². The third kappa shape index (κ3) is 3.64. The van der Waals surface area contributed by atoms with Crippen molar-refractivity contribution in [1.82, 2.24) is 14.9 Å². The number of carbonyl (C=O) groups excluding carboxylic acids is 1. The number of rotatable bonds is 5. The molecule has 0 saturated heterocycles. The van der Waals surface area contributed by atoms with Crippen molar-refractivity contribution in [3.05, 3.63) is 101 Å². The van der Waals surface area contributed by atoms with Gasteiger partial charge in [-0.1, -0.05) is 60.1 Å². The molecule has 4 rings (SSSR count). The van der Waals surface area contributed by atoms with Crippen LogP contribution in [0, 0.1) is 0 Å². The van der Waals surface area contributed by atoms with Gasteiger partial charge in [-0.3, -0.25) is 4.79 Å². The first-order valence-corrected chi connectivity index (χ1v) is 9.56. The molecule has 0 fully saturated rings. The fourth-order valence-corrected chi connectivity index (χ4v) is 3.52. The van der Waals surface area contributed by atoms with Crippen molar-refractivity contribution < 1.29 is 4.79 Å². The van der Waals surface area contributed by atoms with E-state index in [1.807, 2.05) is 73.7 Å². The molecule has 1 atom stereocenters. The van der Waals surface area contributed by atoms with Gasteiger partial charge in [-0.2, -0.15) is 0 Å². The number of hydrogen-bond donors (Lipinski definition) is 1. The first-order chi connectivity index (χ1) is 13.6. The highest BCUT2D eigenvalue weighted by Gasteiger charge is 2.19. The summed E-state index contributed by atoms with van der Waals surface area (Å²) in [5, 5.41) is 3.77. The molecule has 1 N–H and O–H groups in total. The van der Waals surface area contributed by atoms with Gasteiger partial charge in [0.15, 0.2) is 0 Å². The van der Waals surface area contributed by atoms with Crippen LogP contribution in [0.4, 0.5) is 0 Å². The minimum atomic E-state index is -0.261. The second-order valence-electron chi connectivity index (χ2n) is 6.70. The molecule has 0 saturated carbocycles. The van der Waals surface area contributed by atoms with Crippen LogP contribution >= 0.6 is 11.6 Å². The molecule has 4 aromatic rings. The molecule has 0 bridgehead atoms. The number of halogens is 1. The van der Waals surface area contributed by atoms with E-state index in [0.717, 1.165) is 22.4 Å². The number of carbonyl (C=O) groups is 1. The lowest BCUT2D eigenvalue weighted by atomic mass is 10.2. The third-order valence-electron chi connectivity index (χ3n) is 4.74. The SMILES string of the molecule is C[C@@H](NC(=O)c1ccccc1)c1nc2ccccc2n1Cc1ccccc1Cl. The Balaban J connectivity index is 1.70. The van der Waals surface area contributed by atoms with Crippen molar-refractivity contribution >= 4 is 28.5 Å². The Morgan fingerprint density at radius 2 is 1.68 bits per heavy atom. The van der Waals surface area contributed by atoms with E-state index in [4.69, 9.17) is 16.6 Å². The Morgan fingerprint density at radius 3 is 2.46 bits per heavy atom. The van der Waals surface area contributed by atoms with E-state index in [1.165, 1.54) is 0 Å². The molecule has 28 heavy (non-hydrogen) atoms. The predicted octanol–water partition coefficient (Wildman–Crippen LogP) is 5.23. The monoisotopic (exact) mass is 389 g/mol. The van der Waals surface area contributed by atoms with E-state index in [9.17, 15) is 4.79 Å². The maximum atomic E-state index is 12.6. The molecular formula is C23H20ClN3O. The average Bonchev–Trinajstić information content (AvgIpc) is 3.09. The third-order valence-corrected chi connectivity index (χ3v) is 5.11. The van der Waals surface area contributed by atoms with Crippen LogP contribution in [0.2, 0.25) is 5.02 Å². The van der Waals surface area contributed by atoms with Crippen molar-refractivity contribution in [1.29, 1.82) is 0 Å². The van der Waals surface area contributed by atoms with Crippen molar-refractivity contribution in [3.63, 3.8) is 0 Å². The highest BCUT2D eigenvalue weighted by Crippen LogP contribution is 2.25. The Morgan fingerprint density at radius 1 is 1.00 bits per heavy atom. The van der Waals surface area contributed by atoms with Crippen molar-refractivity contribution in [3.8, 4) is 0 Å². The molecule has 1 amide bonds. The predicted molar refractivity (Wildman–Crippen MR) is 113 cm³/mol. The zero-order valence-corrected chi connectivity index (χ0v) is 16.2. The first-order valence-electron chi connectivity index (χ1n) is 9.18. The molecule has 0 radical (unpaired) electrons. The summed E-state index contributed by atoms with van der Waals surface area (Å²) in [5.74, 6) is 0.676. The number of para-hydroxylation sites is 2. The van der Waals surface area contributed by atoms with Gasteiger partial charge in [0.1, 0.15) is 5.82 Å². The Hall–Kier alpha value is -3.11. The Labute approximate surface area is 168 Å². The van der Waals surface area contributed by atoms with Gasteiger partial charge < -0.3 is 9.88 Å². The number of aromatic nitrogens is 2. The van der Waals surface area contributed by atoms with Crippen LogP contribution in [0.3, 0.4) is 0 Å². The lowest BCUT2D eigenvalue weighted by molar-refractivity contribution is 0.0938. The van der Waals surface area contributed by atoms with Gasteiger partial charge in [-0.05, 0) is 42.8 Å². The minimum Gasteiger partial charge on any atom is -0.342 e. The van der Waals surface area contributed by atoms with Gasteiger partial charge >= 0.3 is 0 Å². The van der Waals surface area contributed by atoms with Crippen molar-refractivity contribution in [2.45, 2.75) is 19.5 Å². The van der Waals surface area contributed by atoms with Gasteiger partial charge in [-0.25, -0.2) is 4.98 Å². The van der Waals surface area contributed by atoms with E-state index < -0.39 is 0 Å². The summed E-state index contributed by atoms with van der Waals surface area (Å²) in [6, 6.07) is 24.7. The standard InChI is InChI=1S/C23H20ClN3O/c1-16(25-23(28)17-9-3-2-4-10-17)22-26-20-13-7-8-14-21(20)27(22)15-18-11-5-6-12-19(18)24/h2-14,16H,15H2,1H3,(H,25,28)/t16-/m1/s1. The van der Waals surface area contributed by atoms with Gasteiger partial charge in [0.2, 0.25) is 0 Å². The van der Waals surface area contributed by atoms with E-state index in [1.54, 1.807) is 12.1 Å². The number of nitrogens with one attached hydrogen (secondary N) is 1. The highest BCUT2D eigenvalue weighted by molar-refractivity contribution is 6.31. The van der Waals surface area contributed by atoms with Crippen LogP contribution in [0.5, 0.6) is 0 Å². The first kappa shape index (κ1) is 18.3. The van der Waals surface area contributed by atoms with Gasteiger partial charge in [0, 0.05) is 10.6 Å². The summed E-state index contributed by atoms with van der Waals surface area (Å²) in [6.07, 6.45) is 0. The number of nitrogens with zero attached hydrogens (tertiary/aromatic N) is 2. The molecule has 140 valence electrons. The second kappa shape index (κ2) is 7.87. The molecule has 0 aliphatic heterocycles. The summed E-state index contributed by atoms with van der Waals surface area (Å²) < 4.78 is 2.12. The van der Waals surface area contributed by atoms with E-state index >= 15 is 0 Å². The topological polar surface area (TPSA) is 46.9 Å². The fraction of sp³-hybridized carbons (Fsp3) is 0.130. The molecule has 3 aromatic carbocycles. The van der Waals surface area contributed by atoms with Crippen molar-refractivity contribution in [2.24, 2.45) is 0 Å². The van der Waals surface area contributed by atoms with Gasteiger partial charge in [-0.15, -0.1) is 0 Å². The molecule has 1 aromatic heterocycles. The number of imidazole rings is 1. The molecule has 0 spiro atoms. The fourth-order valence-electron chi connectivity index (χ4n) is 3.32. The van der Waals surface area contributed by atoms with Crippen LogP contribution in [-0.2, 0) is 6.54 Å². The van der Waals surface area contributed by atoms with Gasteiger partial charge in [0.25, 0.3) is 5.91 Å². The van der Waals surface area contributed by atoms with E-state index in [0.29, 0.717) is 17.1 Å². The molecule has 0 aliphatic carbocycles. The highest BCUT2D eigenvalue weighted by atomic mass is 35.5. The summed E-state index contributed by atoms with van der Waals surface area (Å²) in [7, 11) is 0. The minimum absolute atomic E-state index is 0.121. The maximum Gasteiger partial charge on any atom is 0.251 e. The quantitative estimate of drug-likeness (QED) is 0.508.